The molecule has 0 aromatic heterocycles. The molecule has 1 aliphatic rings. The number of nitrogens with one attached hydrogen (secondary N) is 1. The van der Waals surface area contributed by atoms with Gasteiger partial charge in [0.1, 0.15) is 5.75 Å². The summed E-state index contributed by atoms with van der Waals surface area (Å²) in [5, 5.41) is 3.00. The van der Waals surface area contributed by atoms with Crippen LogP contribution in [0, 0.1) is 11.8 Å². The average Bonchev–Trinajstić information content (AvgIpc) is 2.96. The van der Waals surface area contributed by atoms with Gasteiger partial charge >= 0.3 is 0 Å². The summed E-state index contributed by atoms with van der Waals surface area (Å²) in [4.78, 5) is 12.0. The van der Waals surface area contributed by atoms with Gasteiger partial charge in [-0.2, -0.15) is 0 Å². The normalized spacial score (nSPS) is 21.6. The number of rotatable bonds is 7. The van der Waals surface area contributed by atoms with Crippen LogP contribution < -0.4 is 15.8 Å². The molecule has 20 heavy (non-hydrogen) atoms. The van der Waals surface area contributed by atoms with Crippen molar-refractivity contribution in [3.63, 3.8) is 0 Å². The summed E-state index contributed by atoms with van der Waals surface area (Å²) < 4.78 is 5.58. The van der Waals surface area contributed by atoms with Gasteiger partial charge in [0.15, 0.2) is 0 Å². The first-order valence-corrected chi connectivity index (χ1v) is 7.47. The Hall–Kier alpha value is -1.55. The minimum Gasteiger partial charge on any atom is -0.494 e. The topological polar surface area (TPSA) is 64.4 Å². The fraction of sp³-hybridized carbons (Fsp3) is 0.562. The van der Waals surface area contributed by atoms with E-state index in [1.807, 2.05) is 30.3 Å². The Bertz CT molecular complexity index is 408. The van der Waals surface area contributed by atoms with E-state index in [9.17, 15) is 4.79 Å². The van der Waals surface area contributed by atoms with Crippen molar-refractivity contribution < 1.29 is 9.53 Å². The molecule has 2 atom stereocenters. The molecule has 0 saturated heterocycles. The zero-order valence-electron chi connectivity index (χ0n) is 11.9. The lowest BCUT2D eigenvalue weighted by atomic mass is 9.95. The molecule has 1 saturated carbocycles. The zero-order valence-corrected chi connectivity index (χ0v) is 11.9. The summed E-state index contributed by atoms with van der Waals surface area (Å²) in [5.41, 5.74) is 5.70. The summed E-state index contributed by atoms with van der Waals surface area (Å²) in [6.07, 6.45) is 4.01. The maximum atomic E-state index is 12.0. The third-order valence-electron chi connectivity index (χ3n) is 3.93. The predicted octanol–water partition coefficient (Wildman–Crippen LogP) is 1.95. The van der Waals surface area contributed by atoms with Gasteiger partial charge in [0, 0.05) is 12.5 Å². The summed E-state index contributed by atoms with van der Waals surface area (Å²) in [5.74, 6) is 1.53. The van der Waals surface area contributed by atoms with E-state index in [1.54, 1.807) is 0 Å². The van der Waals surface area contributed by atoms with Crippen molar-refractivity contribution >= 4 is 5.91 Å². The van der Waals surface area contributed by atoms with E-state index in [0.717, 1.165) is 31.4 Å². The number of carbonyl (C=O) groups is 1. The molecular formula is C16H24N2O2. The smallest absolute Gasteiger partial charge is 0.223 e. The first-order chi connectivity index (χ1) is 9.81. The lowest BCUT2D eigenvalue weighted by Crippen LogP contribution is -2.35. The van der Waals surface area contributed by atoms with Crippen LogP contribution in [0.15, 0.2) is 30.3 Å². The molecule has 110 valence electrons. The largest absolute Gasteiger partial charge is 0.494 e. The molecule has 1 aromatic rings. The molecule has 4 nitrogen and oxygen atoms in total. The standard InChI is InChI=1S/C16H24N2O2/c17-12-13-6-4-9-15(13)16(19)18-10-5-11-20-14-7-2-1-3-8-14/h1-3,7-8,13,15H,4-6,9-12,17H2,(H,18,19). The molecule has 0 bridgehead atoms. The number of hydrogen-bond acceptors (Lipinski definition) is 3. The number of para-hydroxylation sites is 1. The number of nitrogens with two attached hydrogens (primary N) is 1. The number of amides is 1. The molecule has 1 aliphatic carbocycles. The minimum absolute atomic E-state index is 0.120. The molecule has 4 heteroatoms. The van der Waals surface area contributed by atoms with Crippen LogP contribution in [-0.4, -0.2) is 25.6 Å². The van der Waals surface area contributed by atoms with Gasteiger partial charge in [-0.25, -0.2) is 0 Å². The Morgan fingerprint density at radius 1 is 1.30 bits per heavy atom. The van der Waals surface area contributed by atoms with Gasteiger partial charge in [0.2, 0.25) is 5.91 Å². The molecule has 3 N–H and O–H groups in total. The third kappa shape index (κ3) is 4.23. The van der Waals surface area contributed by atoms with Crippen LogP contribution in [0.25, 0.3) is 0 Å². The van der Waals surface area contributed by atoms with Crippen LogP contribution in [0.4, 0.5) is 0 Å². The van der Waals surface area contributed by atoms with Crippen LogP contribution in [0.5, 0.6) is 5.75 Å². The van der Waals surface area contributed by atoms with E-state index in [2.05, 4.69) is 5.32 Å². The van der Waals surface area contributed by atoms with Crippen LogP contribution in [0.1, 0.15) is 25.7 Å². The maximum absolute atomic E-state index is 12.0. The highest BCUT2D eigenvalue weighted by molar-refractivity contribution is 5.79. The van der Waals surface area contributed by atoms with Crippen molar-refractivity contribution in [3.05, 3.63) is 30.3 Å². The van der Waals surface area contributed by atoms with Gasteiger partial charge in [-0.05, 0) is 43.9 Å². The Morgan fingerprint density at radius 3 is 2.85 bits per heavy atom. The summed E-state index contributed by atoms with van der Waals surface area (Å²) >= 11 is 0. The van der Waals surface area contributed by atoms with Gasteiger partial charge in [-0.3, -0.25) is 4.79 Å². The molecule has 0 aliphatic heterocycles. The van der Waals surface area contributed by atoms with Gasteiger partial charge in [0.05, 0.1) is 6.61 Å². The van der Waals surface area contributed by atoms with E-state index in [0.29, 0.717) is 25.6 Å². The molecular weight excluding hydrogens is 252 g/mol. The van der Waals surface area contributed by atoms with Crippen LogP contribution in [0.3, 0.4) is 0 Å². The Kier molecular flexibility index (Phi) is 5.87. The molecule has 2 unspecified atom stereocenters. The SMILES string of the molecule is NCC1CCCC1C(=O)NCCCOc1ccccc1. The summed E-state index contributed by atoms with van der Waals surface area (Å²) in [6.45, 7) is 1.91. The highest BCUT2D eigenvalue weighted by atomic mass is 16.5. The quantitative estimate of drug-likeness (QED) is 0.748. The highest BCUT2D eigenvalue weighted by Gasteiger charge is 2.31. The number of hydrogen-bond donors (Lipinski definition) is 2. The molecule has 0 spiro atoms. The van der Waals surface area contributed by atoms with Crippen molar-refractivity contribution in [2.75, 3.05) is 19.7 Å². The van der Waals surface area contributed by atoms with Crippen molar-refractivity contribution in [2.24, 2.45) is 17.6 Å². The predicted molar refractivity (Wildman–Crippen MR) is 79.4 cm³/mol. The Labute approximate surface area is 120 Å². The number of carbonyl (C=O) groups excluding carboxylic acids is 1. The summed E-state index contributed by atoms with van der Waals surface area (Å²) in [6, 6.07) is 9.72. The Balaban J connectivity index is 1.60. The second kappa shape index (κ2) is 7.90. The van der Waals surface area contributed by atoms with Gasteiger partial charge in [-0.15, -0.1) is 0 Å². The lowest BCUT2D eigenvalue weighted by Gasteiger charge is -2.17. The molecule has 0 radical (unpaired) electrons. The second-order valence-corrected chi connectivity index (χ2v) is 5.34. The molecule has 2 rings (SSSR count). The fourth-order valence-corrected chi connectivity index (χ4v) is 2.79. The van der Waals surface area contributed by atoms with E-state index in [1.165, 1.54) is 0 Å². The van der Waals surface area contributed by atoms with E-state index >= 15 is 0 Å². The Morgan fingerprint density at radius 2 is 2.10 bits per heavy atom. The van der Waals surface area contributed by atoms with Gasteiger partial charge in [-0.1, -0.05) is 24.6 Å². The highest BCUT2D eigenvalue weighted by Crippen LogP contribution is 2.30. The van der Waals surface area contributed by atoms with E-state index in [4.69, 9.17) is 10.5 Å². The van der Waals surface area contributed by atoms with Crippen LogP contribution in [0.2, 0.25) is 0 Å². The molecule has 1 amide bonds. The first-order valence-electron chi connectivity index (χ1n) is 7.47. The lowest BCUT2D eigenvalue weighted by molar-refractivity contribution is -0.125. The van der Waals surface area contributed by atoms with Crippen LogP contribution >= 0.6 is 0 Å². The first kappa shape index (κ1) is 14.9. The van der Waals surface area contributed by atoms with Crippen molar-refractivity contribution in [3.8, 4) is 5.75 Å². The van der Waals surface area contributed by atoms with Crippen LogP contribution in [-0.2, 0) is 4.79 Å². The summed E-state index contributed by atoms with van der Waals surface area (Å²) in [7, 11) is 0. The molecule has 1 fully saturated rings. The minimum atomic E-state index is 0.120. The fourth-order valence-electron chi connectivity index (χ4n) is 2.79. The monoisotopic (exact) mass is 276 g/mol. The van der Waals surface area contributed by atoms with Gasteiger partial charge in [0.25, 0.3) is 0 Å². The maximum Gasteiger partial charge on any atom is 0.223 e. The van der Waals surface area contributed by atoms with E-state index < -0.39 is 0 Å². The van der Waals surface area contributed by atoms with Crippen molar-refractivity contribution in [1.29, 1.82) is 0 Å². The van der Waals surface area contributed by atoms with Crippen molar-refractivity contribution in [2.45, 2.75) is 25.7 Å². The molecule has 1 aromatic carbocycles. The molecule has 0 heterocycles. The number of ether oxygens (including phenoxy) is 1. The zero-order chi connectivity index (χ0) is 14.2. The van der Waals surface area contributed by atoms with Crippen molar-refractivity contribution in [1.82, 2.24) is 5.32 Å². The van der Waals surface area contributed by atoms with Gasteiger partial charge < -0.3 is 15.8 Å². The second-order valence-electron chi connectivity index (χ2n) is 5.34. The van der Waals surface area contributed by atoms with E-state index in [-0.39, 0.29) is 11.8 Å². The number of benzene rings is 1. The third-order valence-corrected chi connectivity index (χ3v) is 3.93. The average molecular weight is 276 g/mol.